The molecule has 0 bridgehead atoms. The Balaban J connectivity index is 3.47. The molecule has 1 aromatic rings. The van der Waals surface area contributed by atoms with Gasteiger partial charge < -0.3 is 4.74 Å². The molecule has 0 spiro atoms. The Morgan fingerprint density at radius 3 is 2.26 bits per heavy atom. The maximum Gasteiger partial charge on any atom is 0.574 e. The summed E-state index contributed by atoms with van der Waals surface area (Å²) in [5, 5.41) is 8.42. The van der Waals surface area contributed by atoms with Gasteiger partial charge in [0.15, 0.2) is 0 Å². The van der Waals surface area contributed by atoms with Crippen molar-refractivity contribution < 1.29 is 31.1 Å². The Labute approximate surface area is 116 Å². The summed E-state index contributed by atoms with van der Waals surface area (Å²) < 4.78 is 77.5. The fraction of sp³-hybridized carbons (Fsp3) is 0.333. The third kappa shape index (κ3) is 4.41. The molecule has 0 aliphatic heterocycles. The van der Waals surface area contributed by atoms with E-state index in [-0.39, 0.29) is 3.70 Å². The van der Waals surface area contributed by atoms with Crippen LogP contribution in [0.25, 0.3) is 0 Å². The van der Waals surface area contributed by atoms with Gasteiger partial charge in [0, 0.05) is 0 Å². The molecule has 3 nitrogen and oxygen atoms in total. The van der Waals surface area contributed by atoms with Crippen molar-refractivity contribution in [3.63, 3.8) is 0 Å². The second-order valence-corrected chi connectivity index (χ2v) is 4.27. The summed E-state index contributed by atoms with van der Waals surface area (Å²) in [5.41, 5.74) is -2.31. The van der Waals surface area contributed by atoms with Crippen molar-refractivity contribution in [2.45, 2.75) is 19.0 Å². The second kappa shape index (κ2) is 5.40. The van der Waals surface area contributed by atoms with Crippen molar-refractivity contribution in [3.05, 3.63) is 20.9 Å². The highest BCUT2D eigenvalue weighted by molar-refractivity contribution is 14.1. The lowest BCUT2D eigenvalue weighted by Crippen LogP contribution is -2.22. The van der Waals surface area contributed by atoms with Crippen LogP contribution in [0.5, 0.6) is 5.88 Å². The number of hydrogen-bond acceptors (Lipinski definition) is 3. The molecule has 0 amide bonds. The quantitative estimate of drug-likeness (QED) is 0.436. The largest absolute Gasteiger partial charge is 0.574 e. The Kier molecular flexibility index (Phi) is 4.49. The summed E-state index contributed by atoms with van der Waals surface area (Å²) in [6, 6.07) is 2.33. The first-order valence-electron chi connectivity index (χ1n) is 4.44. The van der Waals surface area contributed by atoms with Gasteiger partial charge in [0.05, 0.1) is 12.5 Å². The van der Waals surface area contributed by atoms with Crippen molar-refractivity contribution in [2.24, 2.45) is 0 Å². The number of aromatic nitrogens is 1. The summed E-state index contributed by atoms with van der Waals surface area (Å²) in [7, 11) is 0. The minimum absolute atomic E-state index is 0.143. The highest BCUT2D eigenvalue weighted by atomic mass is 127. The van der Waals surface area contributed by atoms with Crippen molar-refractivity contribution in [1.82, 2.24) is 4.98 Å². The predicted octanol–water partition coefficient (Wildman–Crippen LogP) is 3.67. The average molecular weight is 396 g/mol. The van der Waals surface area contributed by atoms with Crippen LogP contribution in [0.2, 0.25) is 0 Å². The molecule has 1 rings (SSSR count). The molecule has 0 atom stereocenters. The van der Waals surface area contributed by atoms with Crippen LogP contribution < -0.4 is 4.74 Å². The van der Waals surface area contributed by atoms with Crippen molar-refractivity contribution in [2.75, 3.05) is 0 Å². The smallest absolute Gasteiger partial charge is 0.387 e. The molecule has 0 unspecified atom stereocenters. The first kappa shape index (κ1) is 15.8. The van der Waals surface area contributed by atoms with E-state index in [2.05, 4.69) is 9.72 Å². The van der Waals surface area contributed by atoms with Crippen LogP contribution in [0.15, 0.2) is 6.07 Å². The van der Waals surface area contributed by atoms with Gasteiger partial charge in [-0.3, -0.25) is 0 Å². The second-order valence-electron chi connectivity index (χ2n) is 3.16. The molecule has 0 saturated heterocycles. The fourth-order valence-corrected chi connectivity index (χ4v) is 1.84. The van der Waals surface area contributed by atoms with Crippen LogP contribution in [0, 0.1) is 15.0 Å². The van der Waals surface area contributed by atoms with Gasteiger partial charge in [0.25, 0.3) is 0 Å². The number of rotatable bonds is 2. The monoisotopic (exact) mass is 396 g/mol. The van der Waals surface area contributed by atoms with E-state index in [4.69, 9.17) is 5.26 Å². The van der Waals surface area contributed by atoms with Crippen LogP contribution in [-0.4, -0.2) is 11.3 Å². The van der Waals surface area contributed by atoms with Gasteiger partial charge in [0.1, 0.15) is 9.26 Å². The molecular weight excluding hydrogens is 393 g/mol. The van der Waals surface area contributed by atoms with Gasteiger partial charge in [-0.15, -0.1) is 13.2 Å². The van der Waals surface area contributed by atoms with Gasteiger partial charge in [0.2, 0.25) is 5.88 Å². The molecule has 1 aromatic heterocycles. The molecule has 1 heterocycles. The SMILES string of the molecule is N#CCc1cc(I)nc(OC(F)(F)F)c1C(F)(F)F. The number of nitrogens with zero attached hydrogens (tertiary/aromatic N) is 2. The normalized spacial score (nSPS) is 12.1. The van der Waals surface area contributed by atoms with Crippen LogP contribution in [0.3, 0.4) is 0 Å². The van der Waals surface area contributed by atoms with Crippen molar-refractivity contribution in [3.8, 4) is 11.9 Å². The lowest BCUT2D eigenvalue weighted by atomic mass is 10.1. The van der Waals surface area contributed by atoms with Crippen molar-refractivity contribution in [1.29, 1.82) is 5.26 Å². The molecule has 104 valence electrons. The van der Waals surface area contributed by atoms with Gasteiger partial charge in [-0.05, 0) is 34.2 Å². The Hall–Kier alpha value is -1.25. The van der Waals surface area contributed by atoms with Crippen LogP contribution in [0.4, 0.5) is 26.3 Å². The lowest BCUT2D eigenvalue weighted by Gasteiger charge is -2.17. The number of pyridine rings is 1. The summed E-state index contributed by atoms with van der Waals surface area (Å²) >= 11 is 1.43. The summed E-state index contributed by atoms with van der Waals surface area (Å²) in [6.45, 7) is 0. The van der Waals surface area contributed by atoms with E-state index in [0.29, 0.717) is 0 Å². The molecular formula is C9H3F6IN2O. The third-order valence-corrected chi connectivity index (χ3v) is 2.35. The third-order valence-electron chi connectivity index (χ3n) is 1.80. The predicted molar refractivity (Wildman–Crippen MR) is 58.0 cm³/mol. The minimum Gasteiger partial charge on any atom is -0.387 e. The number of hydrogen-bond donors (Lipinski definition) is 0. The molecule has 0 fully saturated rings. The maximum absolute atomic E-state index is 12.7. The fourth-order valence-electron chi connectivity index (χ4n) is 1.25. The van der Waals surface area contributed by atoms with Gasteiger partial charge >= 0.3 is 12.5 Å². The number of alkyl halides is 6. The zero-order valence-corrected chi connectivity index (χ0v) is 10.9. The molecule has 10 heteroatoms. The molecule has 0 saturated carbocycles. The summed E-state index contributed by atoms with van der Waals surface area (Å²) in [6.07, 6.45) is -11.1. The van der Waals surface area contributed by atoms with Crippen LogP contribution in [0.1, 0.15) is 11.1 Å². The first-order valence-corrected chi connectivity index (χ1v) is 5.52. The van der Waals surface area contributed by atoms with Crippen LogP contribution >= 0.6 is 22.6 Å². The van der Waals surface area contributed by atoms with E-state index < -0.39 is 36.0 Å². The maximum atomic E-state index is 12.7. The highest BCUT2D eigenvalue weighted by Crippen LogP contribution is 2.40. The topological polar surface area (TPSA) is 45.9 Å². The number of halogens is 7. The lowest BCUT2D eigenvalue weighted by molar-refractivity contribution is -0.278. The Bertz CT molecular complexity index is 519. The molecule has 0 aromatic carbocycles. The van der Waals surface area contributed by atoms with Gasteiger partial charge in [-0.2, -0.15) is 18.4 Å². The van der Waals surface area contributed by atoms with Gasteiger partial charge in [-0.1, -0.05) is 0 Å². The number of nitriles is 1. The molecule has 0 aliphatic carbocycles. The minimum atomic E-state index is -5.30. The molecule has 0 radical (unpaired) electrons. The molecule has 19 heavy (non-hydrogen) atoms. The molecule has 0 N–H and O–H groups in total. The van der Waals surface area contributed by atoms with E-state index in [1.807, 2.05) is 0 Å². The Morgan fingerprint density at radius 1 is 1.26 bits per heavy atom. The summed E-state index contributed by atoms with van der Waals surface area (Å²) in [4.78, 5) is 3.08. The van der Waals surface area contributed by atoms with E-state index in [1.165, 1.54) is 28.7 Å². The van der Waals surface area contributed by atoms with E-state index in [0.717, 1.165) is 6.07 Å². The zero-order chi connectivity index (χ0) is 14.8. The highest BCUT2D eigenvalue weighted by Gasteiger charge is 2.42. The van der Waals surface area contributed by atoms with E-state index in [1.54, 1.807) is 0 Å². The zero-order valence-electron chi connectivity index (χ0n) is 8.73. The number of ether oxygens (including phenoxy) is 1. The average Bonchev–Trinajstić information content (AvgIpc) is 2.11. The van der Waals surface area contributed by atoms with Crippen LogP contribution in [-0.2, 0) is 12.6 Å². The standard InChI is InChI=1S/C9H3F6IN2O/c10-8(11,12)6-4(1-2-17)3-5(16)18-7(6)19-9(13,14)15/h3H,1H2. The van der Waals surface area contributed by atoms with E-state index >= 15 is 0 Å². The van der Waals surface area contributed by atoms with E-state index in [9.17, 15) is 26.3 Å². The van der Waals surface area contributed by atoms with Gasteiger partial charge in [-0.25, -0.2) is 4.98 Å². The molecule has 0 aliphatic rings. The first-order chi connectivity index (χ1) is 8.54. The Morgan fingerprint density at radius 2 is 1.84 bits per heavy atom. The summed E-state index contributed by atoms with van der Waals surface area (Å²) in [5.74, 6) is -1.60. The van der Waals surface area contributed by atoms with Crippen molar-refractivity contribution >= 4 is 22.6 Å².